The number of aryl methyl sites for hydroxylation is 2. The summed E-state index contributed by atoms with van der Waals surface area (Å²) in [5, 5.41) is 11.1. The van der Waals surface area contributed by atoms with Crippen molar-refractivity contribution in [2.75, 3.05) is 11.5 Å². The van der Waals surface area contributed by atoms with E-state index in [-0.39, 0.29) is 5.92 Å². The van der Waals surface area contributed by atoms with Gasteiger partial charge in [0.1, 0.15) is 6.10 Å². The third-order valence-electron chi connectivity index (χ3n) is 5.81. The Morgan fingerprint density at radius 3 is 1.58 bits per heavy atom. The number of hydrogen-bond donors (Lipinski definition) is 3. The molecular weight excluding hydrogens is 380 g/mol. The minimum Gasteiger partial charge on any atom is -0.399 e. The SMILES string of the molecule is Cc1ccc(C(O)c2cc(C(c3ccc(C)cc3)c3ccc(N)cc3)ccc2N)cc1. The summed E-state index contributed by atoms with van der Waals surface area (Å²) >= 11 is 0. The van der Waals surface area contributed by atoms with E-state index in [0.29, 0.717) is 11.3 Å². The minimum absolute atomic E-state index is 0.00534. The van der Waals surface area contributed by atoms with E-state index >= 15 is 0 Å². The Hall–Kier alpha value is -3.56. The molecule has 3 heteroatoms. The van der Waals surface area contributed by atoms with Crippen molar-refractivity contribution in [2.45, 2.75) is 25.9 Å². The van der Waals surface area contributed by atoms with Crippen LogP contribution >= 0.6 is 0 Å². The summed E-state index contributed by atoms with van der Waals surface area (Å²) in [6.45, 7) is 4.12. The topological polar surface area (TPSA) is 72.3 Å². The Labute approximate surface area is 184 Å². The maximum Gasteiger partial charge on any atom is 0.106 e. The second-order valence-electron chi connectivity index (χ2n) is 8.21. The Morgan fingerprint density at radius 1 is 0.581 bits per heavy atom. The van der Waals surface area contributed by atoms with E-state index in [2.05, 4.69) is 43.3 Å². The van der Waals surface area contributed by atoms with Gasteiger partial charge in [-0.3, -0.25) is 0 Å². The van der Waals surface area contributed by atoms with Gasteiger partial charge in [0.25, 0.3) is 0 Å². The van der Waals surface area contributed by atoms with Crippen molar-refractivity contribution in [3.05, 3.63) is 130 Å². The molecule has 156 valence electrons. The molecule has 0 aromatic heterocycles. The van der Waals surface area contributed by atoms with E-state index in [4.69, 9.17) is 11.5 Å². The summed E-state index contributed by atoms with van der Waals surface area (Å²) < 4.78 is 0. The van der Waals surface area contributed by atoms with Gasteiger partial charge < -0.3 is 16.6 Å². The Balaban J connectivity index is 1.81. The molecule has 0 fully saturated rings. The lowest BCUT2D eigenvalue weighted by Crippen LogP contribution is -2.08. The maximum atomic E-state index is 11.1. The average molecular weight is 409 g/mol. The smallest absolute Gasteiger partial charge is 0.106 e. The number of hydrogen-bond acceptors (Lipinski definition) is 3. The molecule has 0 amide bonds. The summed E-state index contributed by atoms with van der Waals surface area (Å²) in [6.07, 6.45) is -0.786. The fourth-order valence-electron chi connectivity index (χ4n) is 3.96. The third kappa shape index (κ3) is 4.47. The highest BCUT2D eigenvalue weighted by Gasteiger charge is 2.20. The van der Waals surface area contributed by atoms with Gasteiger partial charge in [-0.2, -0.15) is 0 Å². The first-order valence-corrected chi connectivity index (χ1v) is 10.5. The van der Waals surface area contributed by atoms with Crippen LogP contribution in [0.2, 0.25) is 0 Å². The Bertz CT molecular complexity index is 1120. The van der Waals surface area contributed by atoms with Gasteiger partial charge in [0.15, 0.2) is 0 Å². The molecule has 0 aliphatic carbocycles. The molecule has 0 aliphatic rings. The largest absolute Gasteiger partial charge is 0.399 e. The van der Waals surface area contributed by atoms with Gasteiger partial charge in [-0.25, -0.2) is 0 Å². The summed E-state index contributed by atoms with van der Waals surface area (Å²) in [4.78, 5) is 0. The van der Waals surface area contributed by atoms with E-state index in [1.165, 1.54) is 11.1 Å². The van der Waals surface area contributed by atoms with E-state index in [9.17, 15) is 5.11 Å². The normalized spacial score (nSPS) is 13.0. The minimum atomic E-state index is -0.786. The lowest BCUT2D eigenvalue weighted by atomic mass is 9.83. The van der Waals surface area contributed by atoms with Crippen LogP contribution in [0, 0.1) is 13.8 Å². The van der Waals surface area contributed by atoms with Crippen LogP contribution in [0.25, 0.3) is 0 Å². The van der Waals surface area contributed by atoms with Crippen molar-refractivity contribution in [2.24, 2.45) is 0 Å². The van der Waals surface area contributed by atoms with Gasteiger partial charge in [0, 0.05) is 22.9 Å². The molecule has 4 rings (SSSR count). The maximum absolute atomic E-state index is 11.1. The second-order valence-corrected chi connectivity index (χ2v) is 8.21. The standard InChI is InChI=1S/C28H28N2O/c1-18-3-7-20(8-4-18)27(21-11-14-24(29)15-12-21)23-13-16-26(30)25(17-23)28(31)22-9-5-19(2)6-10-22/h3-17,27-28,31H,29-30H2,1-2H3. The highest BCUT2D eigenvalue weighted by molar-refractivity contribution is 5.56. The van der Waals surface area contributed by atoms with Crippen molar-refractivity contribution >= 4 is 11.4 Å². The van der Waals surface area contributed by atoms with Crippen LogP contribution in [0.1, 0.15) is 51.0 Å². The third-order valence-corrected chi connectivity index (χ3v) is 5.81. The first-order valence-electron chi connectivity index (χ1n) is 10.5. The molecule has 0 radical (unpaired) electrons. The van der Waals surface area contributed by atoms with E-state index < -0.39 is 6.10 Å². The lowest BCUT2D eigenvalue weighted by molar-refractivity contribution is 0.221. The van der Waals surface area contributed by atoms with Crippen molar-refractivity contribution < 1.29 is 5.11 Å². The van der Waals surface area contributed by atoms with Crippen LogP contribution in [0.3, 0.4) is 0 Å². The summed E-state index contributed by atoms with van der Waals surface area (Å²) in [6, 6.07) is 30.4. The van der Waals surface area contributed by atoms with Crippen molar-refractivity contribution in [3.63, 3.8) is 0 Å². The molecule has 3 nitrogen and oxygen atoms in total. The van der Waals surface area contributed by atoms with Gasteiger partial charge in [-0.1, -0.05) is 77.9 Å². The first-order chi connectivity index (χ1) is 14.9. The van der Waals surface area contributed by atoms with Crippen LogP contribution < -0.4 is 11.5 Å². The van der Waals surface area contributed by atoms with Crippen molar-refractivity contribution in [1.82, 2.24) is 0 Å². The summed E-state index contributed by atoms with van der Waals surface area (Å²) in [7, 11) is 0. The van der Waals surface area contributed by atoms with Gasteiger partial charge in [0.05, 0.1) is 0 Å². The zero-order valence-electron chi connectivity index (χ0n) is 17.9. The highest BCUT2D eigenvalue weighted by atomic mass is 16.3. The quantitative estimate of drug-likeness (QED) is 0.292. The fraction of sp³-hybridized carbons (Fsp3) is 0.143. The molecule has 0 saturated heterocycles. The molecule has 31 heavy (non-hydrogen) atoms. The van der Waals surface area contributed by atoms with Crippen molar-refractivity contribution in [3.8, 4) is 0 Å². The Kier molecular flexibility index (Phi) is 5.79. The van der Waals surface area contributed by atoms with Gasteiger partial charge in [0.2, 0.25) is 0 Å². The number of aliphatic hydroxyl groups excluding tert-OH is 1. The Morgan fingerprint density at radius 2 is 1.03 bits per heavy atom. The number of anilines is 2. The average Bonchev–Trinajstić information content (AvgIpc) is 2.77. The molecule has 4 aromatic carbocycles. The van der Waals surface area contributed by atoms with Crippen LogP contribution in [-0.2, 0) is 0 Å². The highest BCUT2D eigenvalue weighted by Crippen LogP contribution is 2.36. The first kappa shape index (κ1) is 20.7. The molecule has 0 bridgehead atoms. The molecule has 4 aromatic rings. The predicted molar refractivity (Wildman–Crippen MR) is 129 cm³/mol. The molecule has 0 spiro atoms. The van der Waals surface area contributed by atoms with Gasteiger partial charge >= 0.3 is 0 Å². The molecule has 0 aliphatic heterocycles. The molecule has 0 saturated carbocycles. The predicted octanol–water partition coefficient (Wildman–Crippen LogP) is 5.73. The zero-order chi connectivity index (χ0) is 22.0. The lowest BCUT2D eigenvalue weighted by Gasteiger charge is -2.22. The molecular formula is C28H28N2O. The van der Waals surface area contributed by atoms with Crippen LogP contribution in [0.5, 0.6) is 0 Å². The number of aliphatic hydroxyl groups is 1. The zero-order valence-corrected chi connectivity index (χ0v) is 17.9. The number of rotatable bonds is 5. The van der Waals surface area contributed by atoms with Crippen LogP contribution in [0.4, 0.5) is 11.4 Å². The van der Waals surface area contributed by atoms with Gasteiger partial charge in [-0.05, 0) is 60.4 Å². The molecule has 5 N–H and O–H groups in total. The number of nitrogen functional groups attached to an aromatic ring is 2. The molecule has 2 atom stereocenters. The van der Waals surface area contributed by atoms with E-state index in [1.54, 1.807) is 0 Å². The number of benzene rings is 4. The van der Waals surface area contributed by atoms with E-state index in [1.807, 2.05) is 61.5 Å². The van der Waals surface area contributed by atoms with Gasteiger partial charge in [-0.15, -0.1) is 0 Å². The van der Waals surface area contributed by atoms with E-state index in [0.717, 1.165) is 27.9 Å². The van der Waals surface area contributed by atoms with Crippen molar-refractivity contribution in [1.29, 1.82) is 0 Å². The fourth-order valence-corrected chi connectivity index (χ4v) is 3.96. The summed E-state index contributed by atoms with van der Waals surface area (Å²) in [5.41, 5.74) is 20.8. The molecule has 2 unspecified atom stereocenters. The summed E-state index contributed by atoms with van der Waals surface area (Å²) in [5.74, 6) is 0.00534. The monoisotopic (exact) mass is 408 g/mol. The second kappa shape index (κ2) is 8.66. The van der Waals surface area contributed by atoms with Crippen LogP contribution in [0.15, 0.2) is 91.0 Å². The number of nitrogens with two attached hydrogens (primary N) is 2. The van der Waals surface area contributed by atoms with Crippen LogP contribution in [-0.4, -0.2) is 5.11 Å². The molecule has 0 heterocycles.